The first kappa shape index (κ1) is 17.1. The number of halogens is 1. The minimum atomic E-state index is -0.498. The predicted molar refractivity (Wildman–Crippen MR) is 84.7 cm³/mol. The lowest BCUT2D eigenvalue weighted by molar-refractivity contribution is -0.134. The van der Waals surface area contributed by atoms with E-state index in [9.17, 15) is 9.59 Å². The van der Waals surface area contributed by atoms with Gasteiger partial charge in [-0.15, -0.1) is 11.3 Å². The van der Waals surface area contributed by atoms with E-state index in [1.807, 2.05) is 24.1 Å². The lowest BCUT2D eigenvalue weighted by Crippen LogP contribution is -2.47. The molecule has 1 rings (SSSR count). The van der Waals surface area contributed by atoms with Crippen LogP contribution in [0.4, 0.5) is 0 Å². The fourth-order valence-electron chi connectivity index (χ4n) is 1.74. The van der Waals surface area contributed by atoms with Crippen LogP contribution in [0.25, 0.3) is 0 Å². The Hall–Kier alpha value is -0.920. The highest BCUT2D eigenvalue weighted by atomic mass is 79.9. The molecule has 0 aliphatic heterocycles. The van der Waals surface area contributed by atoms with Gasteiger partial charge in [-0.3, -0.25) is 14.5 Å². The zero-order chi connectivity index (χ0) is 15.3. The van der Waals surface area contributed by atoms with E-state index in [1.165, 1.54) is 9.78 Å². The van der Waals surface area contributed by atoms with E-state index < -0.39 is 6.04 Å². The normalized spacial score (nSPS) is 12.3. The summed E-state index contributed by atoms with van der Waals surface area (Å²) in [6.45, 7) is 2.66. The Labute approximate surface area is 132 Å². The highest BCUT2D eigenvalue weighted by Gasteiger charge is 2.17. The van der Waals surface area contributed by atoms with Crippen LogP contribution < -0.4 is 5.32 Å². The molecule has 1 unspecified atom stereocenters. The monoisotopic (exact) mass is 361 g/mol. The van der Waals surface area contributed by atoms with Crippen molar-refractivity contribution in [3.63, 3.8) is 0 Å². The Balaban J connectivity index is 2.40. The summed E-state index contributed by atoms with van der Waals surface area (Å²) in [7, 11) is 5.23. The quantitative estimate of drug-likeness (QED) is 0.835. The molecule has 112 valence electrons. The molecule has 0 aliphatic carbocycles. The topological polar surface area (TPSA) is 52.7 Å². The van der Waals surface area contributed by atoms with Gasteiger partial charge in [0.25, 0.3) is 0 Å². The Bertz CT molecular complexity index is 476. The lowest BCUT2D eigenvalue weighted by Gasteiger charge is -2.20. The van der Waals surface area contributed by atoms with Gasteiger partial charge >= 0.3 is 0 Å². The van der Waals surface area contributed by atoms with E-state index in [-0.39, 0.29) is 18.4 Å². The van der Waals surface area contributed by atoms with Crippen molar-refractivity contribution in [3.8, 4) is 0 Å². The summed E-state index contributed by atoms with van der Waals surface area (Å²) < 4.78 is 1.08. The zero-order valence-electron chi connectivity index (χ0n) is 12.1. The molecule has 0 saturated carbocycles. The number of nitrogens with one attached hydrogen (secondary N) is 1. The van der Waals surface area contributed by atoms with Gasteiger partial charge in [0.05, 0.1) is 10.3 Å². The van der Waals surface area contributed by atoms with Crippen molar-refractivity contribution in [2.24, 2.45) is 0 Å². The summed E-state index contributed by atoms with van der Waals surface area (Å²) in [6, 6.07) is 3.52. The van der Waals surface area contributed by atoms with Crippen LogP contribution in [0, 0.1) is 0 Å². The summed E-state index contributed by atoms with van der Waals surface area (Å²) in [6.07, 6.45) is 0. The Kier molecular flexibility index (Phi) is 6.64. The van der Waals surface area contributed by atoms with E-state index in [0.29, 0.717) is 6.54 Å². The summed E-state index contributed by atoms with van der Waals surface area (Å²) in [5.74, 6) is -0.256. The minimum Gasteiger partial charge on any atom is -0.347 e. The molecule has 7 heteroatoms. The predicted octanol–water partition coefficient (Wildman–Crippen LogP) is 1.54. The number of likely N-dealkylation sites (N-methyl/N-ethyl adjacent to an activating group) is 2. The second-order valence-corrected chi connectivity index (χ2v) is 7.45. The van der Waals surface area contributed by atoms with Crippen molar-refractivity contribution in [3.05, 3.63) is 20.8 Å². The number of carbonyl (C=O) groups excluding carboxylic acids is 2. The van der Waals surface area contributed by atoms with Crippen molar-refractivity contribution in [2.45, 2.75) is 19.5 Å². The van der Waals surface area contributed by atoms with Crippen molar-refractivity contribution in [1.82, 2.24) is 15.1 Å². The Morgan fingerprint density at radius 3 is 2.50 bits per heavy atom. The number of thiophene rings is 1. The van der Waals surface area contributed by atoms with Gasteiger partial charge in [-0.25, -0.2) is 0 Å². The van der Waals surface area contributed by atoms with Crippen LogP contribution in [0.2, 0.25) is 0 Å². The molecule has 2 amide bonds. The molecule has 20 heavy (non-hydrogen) atoms. The number of amides is 2. The molecular weight excluding hydrogens is 342 g/mol. The van der Waals surface area contributed by atoms with Crippen molar-refractivity contribution >= 4 is 39.1 Å². The zero-order valence-corrected chi connectivity index (χ0v) is 14.5. The molecule has 1 aromatic heterocycles. The van der Waals surface area contributed by atoms with Crippen LogP contribution in [0.3, 0.4) is 0 Å². The maximum atomic E-state index is 11.9. The van der Waals surface area contributed by atoms with E-state index in [2.05, 4.69) is 21.2 Å². The lowest BCUT2D eigenvalue weighted by atomic mass is 10.3. The number of rotatable bonds is 6. The number of hydrogen-bond acceptors (Lipinski definition) is 4. The fourth-order valence-corrected chi connectivity index (χ4v) is 3.30. The molecule has 0 aliphatic rings. The molecule has 0 radical (unpaired) electrons. The van der Waals surface area contributed by atoms with Crippen molar-refractivity contribution < 1.29 is 9.59 Å². The molecule has 0 bridgehead atoms. The maximum Gasteiger partial charge on any atom is 0.244 e. The second-order valence-electron chi connectivity index (χ2n) is 4.90. The van der Waals surface area contributed by atoms with Gasteiger partial charge in [0.1, 0.15) is 6.04 Å². The number of nitrogens with zero attached hydrogens (tertiary/aromatic N) is 2. The van der Waals surface area contributed by atoms with E-state index in [1.54, 1.807) is 32.4 Å². The van der Waals surface area contributed by atoms with Gasteiger partial charge in [-0.05, 0) is 42.0 Å². The maximum absolute atomic E-state index is 11.9. The van der Waals surface area contributed by atoms with E-state index in [4.69, 9.17) is 0 Å². The van der Waals surface area contributed by atoms with Crippen molar-refractivity contribution in [2.75, 3.05) is 27.7 Å². The van der Waals surface area contributed by atoms with E-state index in [0.717, 1.165) is 3.79 Å². The molecule has 1 heterocycles. The average Bonchev–Trinajstić information content (AvgIpc) is 2.72. The van der Waals surface area contributed by atoms with Gasteiger partial charge in [-0.1, -0.05) is 0 Å². The van der Waals surface area contributed by atoms with Gasteiger partial charge in [0.15, 0.2) is 0 Å². The third-order valence-electron chi connectivity index (χ3n) is 2.66. The summed E-state index contributed by atoms with van der Waals surface area (Å²) in [5, 5.41) is 2.71. The largest absolute Gasteiger partial charge is 0.347 e. The van der Waals surface area contributed by atoms with Crippen LogP contribution in [-0.2, 0) is 16.1 Å². The van der Waals surface area contributed by atoms with Crippen LogP contribution >= 0.6 is 27.3 Å². The highest BCUT2D eigenvalue weighted by molar-refractivity contribution is 9.11. The first-order valence-electron chi connectivity index (χ1n) is 6.23. The molecule has 1 aromatic rings. The SMILES string of the molecule is CC(NC(=O)CN(C)Cc1ccc(Br)s1)C(=O)N(C)C. The van der Waals surface area contributed by atoms with Gasteiger partial charge in [0, 0.05) is 25.5 Å². The molecule has 0 aromatic carbocycles. The first-order chi connectivity index (χ1) is 9.29. The molecular formula is C13H20BrN3O2S. The summed E-state index contributed by atoms with van der Waals surface area (Å²) in [4.78, 5) is 28.1. The highest BCUT2D eigenvalue weighted by Crippen LogP contribution is 2.22. The average molecular weight is 362 g/mol. The third-order valence-corrected chi connectivity index (χ3v) is 4.27. The number of carbonyl (C=O) groups is 2. The molecule has 0 saturated heterocycles. The Morgan fingerprint density at radius 1 is 1.35 bits per heavy atom. The van der Waals surface area contributed by atoms with Gasteiger partial charge in [0.2, 0.25) is 11.8 Å². The fraction of sp³-hybridized carbons (Fsp3) is 0.538. The van der Waals surface area contributed by atoms with E-state index >= 15 is 0 Å². The molecule has 5 nitrogen and oxygen atoms in total. The van der Waals surface area contributed by atoms with Crippen LogP contribution in [0.15, 0.2) is 15.9 Å². The van der Waals surface area contributed by atoms with Gasteiger partial charge in [-0.2, -0.15) is 0 Å². The molecule has 0 spiro atoms. The molecule has 0 fully saturated rings. The van der Waals surface area contributed by atoms with Crippen LogP contribution in [-0.4, -0.2) is 55.3 Å². The molecule has 1 atom stereocenters. The minimum absolute atomic E-state index is 0.108. The Morgan fingerprint density at radius 2 is 2.00 bits per heavy atom. The van der Waals surface area contributed by atoms with Crippen LogP contribution in [0.1, 0.15) is 11.8 Å². The molecule has 1 N–H and O–H groups in total. The number of hydrogen-bond donors (Lipinski definition) is 1. The summed E-state index contributed by atoms with van der Waals surface area (Å²) >= 11 is 5.06. The summed E-state index contributed by atoms with van der Waals surface area (Å²) in [5.41, 5.74) is 0. The second kappa shape index (κ2) is 7.75. The van der Waals surface area contributed by atoms with Crippen LogP contribution in [0.5, 0.6) is 0 Å². The third kappa shape index (κ3) is 5.60. The first-order valence-corrected chi connectivity index (χ1v) is 7.84. The smallest absolute Gasteiger partial charge is 0.244 e. The van der Waals surface area contributed by atoms with Gasteiger partial charge < -0.3 is 10.2 Å². The van der Waals surface area contributed by atoms with Crippen molar-refractivity contribution in [1.29, 1.82) is 0 Å². The standard InChI is InChI=1S/C13H20BrN3O2S/c1-9(13(19)16(2)3)15-12(18)8-17(4)7-10-5-6-11(14)20-10/h5-6,9H,7-8H2,1-4H3,(H,15,18).